The van der Waals surface area contributed by atoms with Crippen LogP contribution in [0.3, 0.4) is 0 Å². The molecule has 1 aromatic rings. The summed E-state index contributed by atoms with van der Waals surface area (Å²) in [4.78, 5) is 2.47. The maximum absolute atomic E-state index is 6.45. The maximum Gasteiger partial charge on any atom is 0.0642 e. The van der Waals surface area contributed by atoms with E-state index in [1.165, 1.54) is 17.7 Å². The van der Waals surface area contributed by atoms with Crippen molar-refractivity contribution in [2.24, 2.45) is 11.8 Å². The van der Waals surface area contributed by atoms with Gasteiger partial charge in [0.2, 0.25) is 0 Å². The lowest BCUT2D eigenvalue weighted by Gasteiger charge is -2.24. The molecule has 19 heavy (non-hydrogen) atoms. The number of para-hydroxylation sites is 1. The fourth-order valence-electron chi connectivity index (χ4n) is 2.85. The molecule has 1 unspecified atom stereocenters. The van der Waals surface area contributed by atoms with Gasteiger partial charge in [-0.05, 0) is 36.4 Å². The van der Waals surface area contributed by atoms with Gasteiger partial charge in [-0.1, -0.05) is 44.5 Å². The fraction of sp³-hybridized carbons (Fsp3) is 0.625. The van der Waals surface area contributed by atoms with Gasteiger partial charge in [-0.2, -0.15) is 0 Å². The van der Waals surface area contributed by atoms with Gasteiger partial charge >= 0.3 is 0 Å². The Hall–Kier alpha value is -0.730. The van der Waals surface area contributed by atoms with Crippen molar-refractivity contribution in [2.75, 3.05) is 24.5 Å². The van der Waals surface area contributed by atoms with Crippen molar-refractivity contribution in [1.82, 2.24) is 5.32 Å². The summed E-state index contributed by atoms with van der Waals surface area (Å²) in [7, 11) is 0. The first-order valence-electron chi connectivity index (χ1n) is 7.36. The van der Waals surface area contributed by atoms with E-state index in [2.05, 4.69) is 43.1 Å². The second kappa shape index (κ2) is 6.62. The number of hydrogen-bond acceptors (Lipinski definition) is 2. The van der Waals surface area contributed by atoms with Crippen LogP contribution in [0, 0.1) is 11.8 Å². The SMILES string of the molecule is CCNCc1cccc(Cl)c1N1CCC(C(C)C)C1. The van der Waals surface area contributed by atoms with Crippen LogP contribution in [0.1, 0.15) is 32.8 Å². The van der Waals surface area contributed by atoms with Crippen LogP contribution in [-0.4, -0.2) is 19.6 Å². The molecule has 1 fully saturated rings. The van der Waals surface area contributed by atoms with Crippen LogP contribution in [0.25, 0.3) is 0 Å². The highest BCUT2D eigenvalue weighted by atomic mass is 35.5. The zero-order chi connectivity index (χ0) is 13.8. The topological polar surface area (TPSA) is 15.3 Å². The zero-order valence-electron chi connectivity index (χ0n) is 12.2. The molecular weight excluding hydrogens is 256 g/mol. The highest BCUT2D eigenvalue weighted by molar-refractivity contribution is 6.33. The molecule has 1 aromatic carbocycles. The number of benzene rings is 1. The molecule has 2 nitrogen and oxygen atoms in total. The van der Waals surface area contributed by atoms with Crippen LogP contribution < -0.4 is 10.2 Å². The van der Waals surface area contributed by atoms with Gasteiger partial charge < -0.3 is 10.2 Å². The average molecular weight is 281 g/mol. The number of anilines is 1. The van der Waals surface area contributed by atoms with E-state index < -0.39 is 0 Å². The minimum absolute atomic E-state index is 0.754. The normalized spacial score (nSPS) is 19.4. The fourth-order valence-corrected chi connectivity index (χ4v) is 3.16. The monoisotopic (exact) mass is 280 g/mol. The summed E-state index contributed by atoms with van der Waals surface area (Å²) in [6.07, 6.45) is 1.28. The van der Waals surface area contributed by atoms with Gasteiger partial charge in [-0.15, -0.1) is 0 Å². The first-order chi connectivity index (χ1) is 9.13. The average Bonchev–Trinajstić information content (AvgIpc) is 2.85. The Morgan fingerprint density at radius 1 is 1.42 bits per heavy atom. The van der Waals surface area contributed by atoms with Crippen LogP contribution in [0.15, 0.2) is 18.2 Å². The molecule has 0 aromatic heterocycles. The molecule has 0 amide bonds. The Balaban J connectivity index is 2.19. The summed E-state index contributed by atoms with van der Waals surface area (Å²) >= 11 is 6.45. The third-order valence-electron chi connectivity index (χ3n) is 4.12. The molecule has 1 atom stereocenters. The Labute approximate surface area is 122 Å². The third-order valence-corrected chi connectivity index (χ3v) is 4.42. The summed E-state index contributed by atoms with van der Waals surface area (Å²) in [6.45, 7) is 10.9. The standard InChI is InChI=1S/C16H25ClN2/c1-4-18-10-13-6-5-7-15(17)16(13)19-9-8-14(11-19)12(2)3/h5-7,12,14,18H,4,8-11H2,1-3H3. The summed E-state index contributed by atoms with van der Waals surface area (Å²) < 4.78 is 0. The van der Waals surface area contributed by atoms with Crippen LogP contribution in [0.2, 0.25) is 5.02 Å². The maximum atomic E-state index is 6.45. The van der Waals surface area contributed by atoms with E-state index in [4.69, 9.17) is 11.6 Å². The van der Waals surface area contributed by atoms with Gasteiger partial charge in [0.25, 0.3) is 0 Å². The van der Waals surface area contributed by atoms with Gasteiger partial charge in [-0.25, -0.2) is 0 Å². The largest absolute Gasteiger partial charge is 0.370 e. The van der Waals surface area contributed by atoms with E-state index >= 15 is 0 Å². The second-order valence-corrected chi connectivity index (χ2v) is 6.17. The first-order valence-corrected chi connectivity index (χ1v) is 7.74. The van der Waals surface area contributed by atoms with Gasteiger partial charge in [-0.3, -0.25) is 0 Å². The van der Waals surface area contributed by atoms with E-state index in [0.29, 0.717) is 0 Å². The minimum atomic E-state index is 0.754. The highest BCUT2D eigenvalue weighted by Crippen LogP contribution is 2.35. The number of nitrogens with zero attached hydrogens (tertiary/aromatic N) is 1. The number of halogens is 1. The summed E-state index contributed by atoms with van der Waals surface area (Å²) in [5, 5.41) is 4.29. The lowest BCUT2D eigenvalue weighted by atomic mass is 9.95. The van der Waals surface area contributed by atoms with E-state index in [9.17, 15) is 0 Å². The van der Waals surface area contributed by atoms with Gasteiger partial charge in [0.1, 0.15) is 0 Å². The number of hydrogen-bond donors (Lipinski definition) is 1. The highest BCUT2D eigenvalue weighted by Gasteiger charge is 2.27. The Kier molecular flexibility index (Phi) is 5.12. The van der Waals surface area contributed by atoms with Crippen molar-refractivity contribution < 1.29 is 0 Å². The van der Waals surface area contributed by atoms with Crippen LogP contribution in [0.5, 0.6) is 0 Å². The molecule has 0 aliphatic carbocycles. The molecule has 1 saturated heterocycles. The van der Waals surface area contributed by atoms with Crippen molar-refractivity contribution in [3.05, 3.63) is 28.8 Å². The van der Waals surface area contributed by atoms with Crippen LogP contribution >= 0.6 is 11.6 Å². The lowest BCUT2D eigenvalue weighted by Crippen LogP contribution is -2.24. The van der Waals surface area contributed by atoms with Gasteiger partial charge in [0.05, 0.1) is 10.7 Å². The molecule has 1 N–H and O–H groups in total. The molecule has 0 radical (unpaired) electrons. The van der Waals surface area contributed by atoms with Crippen molar-refractivity contribution in [2.45, 2.75) is 33.7 Å². The van der Waals surface area contributed by atoms with E-state index in [1.54, 1.807) is 0 Å². The predicted molar refractivity (Wildman–Crippen MR) is 84.0 cm³/mol. The Morgan fingerprint density at radius 3 is 2.84 bits per heavy atom. The Morgan fingerprint density at radius 2 is 2.21 bits per heavy atom. The van der Waals surface area contributed by atoms with E-state index in [1.807, 2.05) is 6.07 Å². The molecule has 106 valence electrons. The van der Waals surface area contributed by atoms with Crippen molar-refractivity contribution in [1.29, 1.82) is 0 Å². The molecule has 0 spiro atoms. The quantitative estimate of drug-likeness (QED) is 0.879. The zero-order valence-corrected chi connectivity index (χ0v) is 13.0. The molecule has 1 heterocycles. The van der Waals surface area contributed by atoms with Crippen molar-refractivity contribution in [3.63, 3.8) is 0 Å². The number of nitrogens with one attached hydrogen (secondary N) is 1. The smallest absolute Gasteiger partial charge is 0.0642 e. The predicted octanol–water partition coefficient (Wildman–Crippen LogP) is 3.93. The third kappa shape index (κ3) is 3.43. The van der Waals surface area contributed by atoms with E-state index in [-0.39, 0.29) is 0 Å². The van der Waals surface area contributed by atoms with Gasteiger partial charge in [0.15, 0.2) is 0 Å². The van der Waals surface area contributed by atoms with Gasteiger partial charge in [0, 0.05) is 19.6 Å². The summed E-state index contributed by atoms with van der Waals surface area (Å²) in [5.74, 6) is 1.55. The van der Waals surface area contributed by atoms with Crippen molar-refractivity contribution >= 4 is 17.3 Å². The molecule has 0 bridgehead atoms. The lowest BCUT2D eigenvalue weighted by molar-refractivity contribution is 0.422. The molecule has 2 rings (SSSR count). The number of rotatable bonds is 5. The minimum Gasteiger partial charge on any atom is -0.370 e. The summed E-state index contributed by atoms with van der Waals surface area (Å²) in [6, 6.07) is 6.25. The molecule has 3 heteroatoms. The first kappa shape index (κ1) is 14.7. The van der Waals surface area contributed by atoms with Crippen molar-refractivity contribution in [3.8, 4) is 0 Å². The molecule has 0 saturated carbocycles. The second-order valence-electron chi connectivity index (χ2n) is 5.77. The molecular formula is C16H25ClN2. The van der Waals surface area contributed by atoms with Crippen LogP contribution in [0.4, 0.5) is 5.69 Å². The molecule has 1 aliphatic rings. The van der Waals surface area contributed by atoms with E-state index in [0.717, 1.165) is 43.0 Å². The summed E-state index contributed by atoms with van der Waals surface area (Å²) in [5.41, 5.74) is 2.56. The Bertz CT molecular complexity index is 417. The molecule has 1 aliphatic heterocycles. The van der Waals surface area contributed by atoms with Crippen LogP contribution in [-0.2, 0) is 6.54 Å².